The first-order chi connectivity index (χ1) is 20.8. The highest BCUT2D eigenvalue weighted by Crippen LogP contribution is 2.20. The van der Waals surface area contributed by atoms with E-state index in [1.54, 1.807) is 14.3 Å². The number of nitrogens with one attached hydrogen (secondary N) is 2. The molecule has 0 radical (unpaired) electrons. The third-order valence-corrected chi connectivity index (χ3v) is 8.05. The average Bonchev–Trinajstić information content (AvgIpc) is 3.59. The van der Waals surface area contributed by atoms with Gasteiger partial charge >= 0.3 is 0 Å². The van der Waals surface area contributed by atoms with Gasteiger partial charge in [-0.2, -0.15) is 10.2 Å². The smallest absolute Gasteiger partial charge is 0.244 e. The molecule has 2 aromatic carbocycles. The molecule has 0 aliphatic carbocycles. The number of aryl methyl sites for hydroxylation is 1. The molecule has 3 heterocycles. The van der Waals surface area contributed by atoms with Gasteiger partial charge in [-0.25, -0.2) is 9.67 Å². The number of carbonyl (C=O) groups excluding carboxylic acids is 3. The zero-order chi connectivity index (χ0) is 30.3. The third-order valence-electron chi connectivity index (χ3n) is 8.05. The Morgan fingerprint density at radius 1 is 1.00 bits per heavy atom. The summed E-state index contributed by atoms with van der Waals surface area (Å²) in [6, 6.07) is 16.5. The Morgan fingerprint density at radius 2 is 1.77 bits per heavy atom. The van der Waals surface area contributed by atoms with E-state index in [9.17, 15) is 14.4 Å². The van der Waals surface area contributed by atoms with E-state index in [1.165, 1.54) is 0 Å². The van der Waals surface area contributed by atoms with E-state index < -0.39 is 12.1 Å². The van der Waals surface area contributed by atoms with Crippen LogP contribution >= 0.6 is 0 Å². The van der Waals surface area contributed by atoms with Crippen LogP contribution in [0.1, 0.15) is 56.4 Å². The molecule has 0 unspecified atom stereocenters. The Bertz CT molecular complexity index is 1530. The number of carbonyl (C=O) groups is 3. The van der Waals surface area contributed by atoms with E-state index in [0.29, 0.717) is 44.1 Å². The molecular formula is C32H40N8O3. The molecule has 43 heavy (non-hydrogen) atoms. The fraction of sp³-hybridized carbons (Fsp3) is 0.438. The lowest BCUT2D eigenvalue weighted by molar-refractivity contribution is -0.133. The highest BCUT2D eigenvalue weighted by molar-refractivity contribution is 5.88. The van der Waals surface area contributed by atoms with Crippen molar-refractivity contribution in [1.29, 1.82) is 0 Å². The van der Waals surface area contributed by atoms with E-state index in [-0.39, 0.29) is 36.6 Å². The molecule has 2 N–H and O–H groups in total. The van der Waals surface area contributed by atoms with Crippen LogP contribution in [0.15, 0.2) is 60.8 Å². The van der Waals surface area contributed by atoms with E-state index in [0.717, 1.165) is 22.9 Å². The summed E-state index contributed by atoms with van der Waals surface area (Å²) in [4.78, 5) is 46.8. The van der Waals surface area contributed by atoms with Crippen molar-refractivity contribution >= 4 is 28.6 Å². The Kier molecular flexibility index (Phi) is 9.48. The summed E-state index contributed by atoms with van der Waals surface area (Å²) in [7, 11) is 0. The summed E-state index contributed by atoms with van der Waals surface area (Å²) in [6.07, 6.45) is 3.77. The number of hydrogen-bond donors (Lipinski definition) is 2. The quantitative estimate of drug-likeness (QED) is 0.359. The summed E-state index contributed by atoms with van der Waals surface area (Å²) in [5.41, 5.74) is 1.87. The maximum atomic E-state index is 13.7. The number of benzene rings is 2. The van der Waals surface area contributed by atoms with Crippen molar-refractivity contribution in [3.05, 3.63) is 78.0 Å². The van der Waals surface area contributed by atoms with Gasteiger partial charge in [0.2, 0.25) is 17.7 Å². The molecule has 0 bridgehead atoms. The van der Waals surface area contributed by atoms with Gasteiger partial charge in [0.15, 0.2) is 0 Å². The van der Waals surface area contributed by atoms with Crippen LogP contribution < -0.4 is 10.6 Å². The number of amides is 3. The lowest BCUT2D eigenvalue weighted by Crippen LogP contribution is -2.51. The normalized spacial score (nSPS) is 19.3. The topological polar surface area (TPSA) is 127 Å². The molecule has 1 aliphatic heterocycles. The fourth-order valence-corrected chi connectivity index (χ4v) is 5.50. The summed E-state index contributed by atoms with van der Waals surface area (Å²) < 4.78 is 3.46. The van der Waals surface area contributed by atoms with Gasteiger partial charge in [-0.3, -0.25) is 19.1 Å². The highest BCUT2D eigenvalue weighted by atomic mass is 16.2. The van der Waals surface area contributed by atoms with Crippen LogP contribution in [0, 0.1) is 12.8 Å². The molecule has 11 nitrogen and oxygen atoms in total. The van der Waals surface area contributed by atoms with Gasteiger partial charge in [0.1, 0.15) is 24.2 Å². The van der Waals surface area contributed by atoms with Crippen LogP contribution in [0.3, 0.4) is 0 Å². The highest BCUT2D eigenvalue weighted by Gasteiger charge is 2.31. The standard InChI is InChI=1S/C32H40N8O3/c1-4-22(2)30-32(43)34-27(19-24-11-6-5-7-12-24)31-33-23(3)36-40(31)18-17-38(16-10-15-28(41)35-30)29(42)21-39-20-25-13-8-9-14-26(25)37-39/h5-9,11-14,20,22,27,30H,4,10,15-19,21H2,1-3H3,(H,34,43)(H,35,41)/t22-,27-,30-/m0/s1. The summed E-state index contributed by atoms with van der Waals surface area (Å²) in [5, 5.41) is 16.3. The van der Waals surface area contributed by atoms with Crippen molar-refractivity contribution in [3.8, 4) is 0 Å². The van der Waals surface area contributed by atoms with Crippen molar-refractivity contribution in [2.24, 2.45) is 5.92 Å². The Balaban J connectivity index is 1.44. The Hall–Kier alpha value is -4.54. The van der Waals surface area contributed by atoms with Gasteiger partial charge in [-0.05, 0) is 37.3 Å². The second kappa shape index (κ2) is 13.6. The molecule has 2 aromatic heterocycles. The van der Waals surface area contributed by atoms with Crippen molar-refractivity contribution in [3.63, 3.8) is 0 Å². The van der Waals surface area contributed by atoms with Gasteiger partial charge in [0, 0.05) is 31.1 Å². The second-order valence-corrected chi connectivity index (χ2v) is 11.3. The lowest BCUT2D eigenvalue weighted by Gasteiger charge is -2.28. The first kappa shape index (κ1) is 29.9. The Labute approximate surface area is 251 Å². The van der Waals surface area contributed by atoms with Gasteiger partial charge in [0.25, 0.3) is 0 Å². The molecule has 0 spiro atoms. The predicted octanol–water partition coefficient (Wildman–Crippen LogP) is 3.19. The number of nitrogens with zero attached hydrogens (tertiary/aromatic N) is 6. The summed E-state index contributed by atoms with van der Waals surface area (Å²) in [6.45, 7) is 7.04. The molecular weight excluding hydrogens is 544 g/mol. The maximum absolute atomic E-state index is 13.7. The van der Waals surface area contributed by atoms with Crippen LogP contribution in [0.4, 0.5) is 0 Å². The monoisotopic (exact) mass is 584 g/mol. The van der Waals surface area contributed by atoms with Gasteiger partial charge in [0.05, 0.1) is 18.1 Å². The molecule has 226 valence electrons. The van der Waals surface area contributed by atoms with Crippen LogP contribution in [0.25, 0.3) is 10.9 Å². The number of hydrogen-bond acceptors (Lipinski definition) is 6. The second-order valence-electron chi connectivity index (χ2n) is 11.3. The molecule has 3 amide bonds. The SMILES string of the molecule is CC[C@H](C)[C@@H]1NC(=O)CCCN(C(=O)Cn2cc3ccccc3n2)CCn2nc(C)nc2[C@H](Cc2ccccc2)NC1=O. The lowest BCUT2D eigenvalue weighted by atomic mass is 9.97. The third kappa shape index (κ3) is 7.46. The van der Waals surface area contributed by atoms with Gasteiger partial charge in [-0.1, -0.05) is 68.8 Å². The summed E-state index contributed by atoms with van der Waals surface area (Å²) >= 11 is 0. The molecule has 3 atom stereocenters. The minimum atomic E-state index is -0.692. The first-order valence-corrected chi connectivity index (χ1v) is 15.1. The molecule has 0 saturated carbocycles. The zero-order valence-electron chi connectivity index (χ0n) is 25.1. The molecule has 1 aliphatic rings. The van der Waals surface area contributed by atoms with Crippen LogP contribution in [-0.2, 0) is 33.9 Å². The van der Waals surface area contributed by atoms with Crippen molar-refractivity contribution in [2.75, 3.05) is 13.1 Å². The minimum Gasteiger partial charge on any atom is -0.344 e. The van der Waals surface area contributed by atoms with Crippen molar-refractivity contribution in [2.45, 2.75) is 71.6 Å². The van der Waals surface area contributed by atoms with Gasteiger partial charge < -0.3 is 15.5 Å². The number of fused-ring (bicyclic) bond motifs is 2. The maximum Gasteiger partial charge on any atom is 0.244 e. The van der Waals surface area contributed by atoms with Crippen molar-refractivity contribution < 1.29 is 14.4 Å². The molecule has 5 rings (SSSR count). The number of aromatic nitrogens is 5. The Morgan fingerprint density at radius 3 is 2.53 bits per heavy atom. The largest absolute Gasteiger partial charge is 0.344 e. The van der Waals surface area contributed by atoms with Gasteiger partial charge in [-0.15, -0.1) is 0 Å². The summed E-state index contributed by atoms with van der Waals surface area (Å²) in [5.74, 6) is 0.589. The molecule has 0 saturated heterocycles. The van der Waals surface area contributed by atoms with Crippen LogP contribution in [-0.4, -0.2) is 66.3 Å². The molecule has 4 aromatic rings. The minimum absolute atomic E-state index is 0.0727. The van der Waals surface area contributed by atoms with Crippen molar-refractivity contribution in [1.82, 2.24) is 40.1 Å². The zero-order valence-corrected chi connectivity index (χ0v) is 25.1. The molecule has 0 fully saturated rings. The average molecular weight is 585 g/mol. The number of rotatable bonds is 6. The van der Waals surface area contributed by atoms with Crippen LogP contribution in [0.2, 0.25) is 0 Å². The van der Waals surface area contributed by atoms with E-state index in [1.807, 2.05) is 81.6 Å². The predicted molar refractivity (Wildman–Crippen MR) is 163 cm³/mol. The van der Waals surface area contributed by atoms with Crippen LogP contribution in [0.5, 0.6) is 0 Å². The van der Waals surface area contributed by atoms with E-state index in [2.05, 4.69) is 20.8 Å². The fourth-order valence-electron chi connectivity index (χ4n) is 5.50. The van der Waals surface area contributed by atoms with E-state index in [4.69, 9.17) is 4.98 Å². The molecule has 11 heteroatoms. The van der Waals surface area contributed by atoms with E-state index >= 15 is 0 Å². The first-order valence-electron chi connectivity index (χ1n) is 15.1.